The topological polar surface area (TPSA) is 58.2 Å². The van der Waals surface area contributed by atoms with Crippen LogP contribution in [0.5, 0.6) is 0 Å². The normalized spacial score (nSPS) is 11.9. The Labute approximate surface area is 142 Å². The number of amides is 2. The molecule has 1 aromatic heterocycles. The number of carbonyl (C=O) groups is 2. The van der Waals surface area contributed by atoms with E-state index in [1.807, 2.05) is 13.8 Å². The number of hydrogen-bond donors (Lipinski definition) is 2. The minimum Gasteiger partial charge on any atom is -0.357 e. The van der Waals surface area contributed by atoms with Crippen molar-refractivity contribution in [3.8, 4) is 0 Å². The van der Waals surface area contributed by atoms with Crippen LogP contribution >= 0.6 is 11.3 Å². The molecule has 0 fully saturated rings. The average molecular weight is 352 g/mol. The standard InChI is InChI=1S/C17H18F2N2O2S/c1-4-10-8-14(24-9(10)2)16(22)21-15(17(23)20-3)11-5-6-12(18)13(19)7-11/h5-8,15H,4H2,1-3H3,(H,20,23)(H,21,22). The summed E-state index contributed by atoms with van der Waals surface area (Å²) in [5, 5.41) is 5.00. The van der Waals surface area contributed by atoms with Crippen LogP contribution in [0.15, 0.2) is 24.3 Å². The van der Waals surface area contributed by atoms with Crippen LogP contribution in [0.2, 0.25) is 0 Å². The summed E-state index contributed by atoms with van der Waals surface area (Å²) < 4.78 is 26.5. The first-order valence-electron chi connectivity index (χ1n) is 7.44. The second-order valence-corrected chi connectivity index (χ2v) is 6.50. The van der Waals surface area contributed by atoms with Crippen molar-refractivity contribution < 1.29 is 18.4 Å². The Hall–Kier alpha value is -2.28. The van der Waals surface area contributed by atoms with Crippen LogP contribution in [0.3, 0.4) is 0 Å². The fraction of sp³-hybridized carbons (Fsp3) is 0.294. The summed E-state index contributed by atoms with van der Waals surface area (Å²) in [4.78, 5) is 26.0. The van der Waals surface area contributed by atoms with Crippen LogP contribution < -0.4 is 10.6 Å². The number of benzene rings is 1. The first-order chi connectivity index (χ1) is 11.4. The molecular weight excluding hydrogens is 334 g/mol. The second kappa shape index (κ2) is 7.53. The molecule has 24 heavy (non-hydrogen) atoms. The van der Waals surface area contributed by atoms with Gasteiger partial charge in [-0.1, -0.05) is 13.0 Å². The predicted octanol–water partition coefficient (Wildman–Crippen LogP) is 3.11. The van der Waals surface area contributed by atoms with E-state index in [2.05, 4.69) is 10.6 Å². The number of hydrogen-bond acceptors (Lipinski definition) is 3. The SMILES string of the molecule is CCc1cc(C(=O)NC(C(=O)NC)c2ccc(F)c(F)c2)sc1C. The van der Waals surface area contributed by atoms with Crippen LogP contribution in [0, 0.1) is 18.6 Å². The van der Waals surface area contributed by atoms with Crippen molar-refractivity contribution in [3.63, 3.8) is 0 Å². The summed E-state index contributed by atoms with van der Waals surface area (Å²) >= 11 is 1.33. The van der Waals surface area contributed by atoms with Crippen LogP contribution in [0.25, 0.3) is 0 Å². The summed E-state index contributed by atoms with van der Waals surface area (Å²) in [5.41, 5.74) is 1.24. The molecule has 128 valence electrons. The highest BCUT2D eigenvalue weighted by Crippen LogP contribution is 2.23. The largest absolute Gasteiger partial charge is 0.357 e. The minimum atomic E-state index is -1.11. The fourth-order valence-electron chi connectivity index (χ4n) is 2.32. The summed E-state index contributed by atoms with van der Waals surface area (Å²) in [6, 6.07) is 3.78. The molecule has 2 N–H and O–H groups in total. The maximum Gasteiger partial charge on any atom is 0.262 e. The van der Waals surface area contributed by atoms with Gasteiger partial charge < -0.3 is 10.6 Å². The average Bonchev–Trinajstić information content (AvgIpc) is 2.95. The number of nitrogens with one attached hydrogen (secondary N) is 2. The second-order valence-electron chi connectivity index (χ2n) is 5.24. The molecule has 2 amide bonds. The lowest BCUT2D eigenvalue weighted by atomic mass is 10.1. The van der Waals surface area contributed by atoms with E-state index in [9.17, 15) is 18.4 Å². The quantitative estimate of drug-likeness (QED) is 0.869. The van der Waals surface area contributed by atoms with Crippen molar-refractivity contribution in [1.29, 1.82) is 0 Å². The molecule has 1 aromatic carbocycles. The van der Waals surface area contributed by atoms with Crippen molar-refractivity contribution in [2.24, 2.45) is 0 Å². The van der Waals surface area contributed by atoms with E-state index in [-0.39, 0.29) is 5.56 Å². The highest BCUT2D eigenvalue weighted by molar-refractivity contribution is 7.14. The predicted molar refractivity (Wildman–Crippen MR) is 89.1 cm³/mol. The zero-order chi connectivity index (χ0) is 17.9. The van der Waals surface area contributed by atoms with Gasteiger partial charge in [0.15, 0.2) is 11.6 Å². The molecule has 0 aliphatic rings. The van der Waals surface area contributed by atoms with Gasteiger partial charge in [-0.2, -0.15) is 0 Å². The third kappa shape index (κ3) is 3.79. The fourth-order valence-corrected chi connectivity index (χ4v) is 3.34. The third-order valence-electron chi connectivity index (χ3n) is 3.69. The van der Waals surface area contributed by atoms with E-state index in [0.717, 1.165) is 29.0 Å². The zero-order valence-corrected chi connectivity index (χ0v) is 14.4. The molecule has 2 aromatic rings. The minimum absolute atomic E-state index is 0.172. The molecule has 0 radical (unpaired) electrons. The molecule has 1 unspecified atom stereocenters. The Kier molecular flexibility index (Phi) is 5.66. The van der Waals surface area contributed by atoms with E-state index < -0.39 is 29.5 Å². The molecule has 0 spiro atoms. The van der Waals surface area contributed by atoms with E-state index in [4.69, 9.17) is 0 Å². The van der Waals surface area contributed by atoms with Gasteiger partial charge in [-0.05, 0) is 42.7 Å². The van der Waals surface area contributed by atoms with Crippen molar-refractivity contribution in [1.82, 2.24) is 10.6 Å². The number of thiophene rings is 1. The molecule has 0 bridgehead atoms. The first-order valence-corrected chi connectivity index (χ1v) is 8.25. The van der Waals surface area contributed by atoms with E-state index >= 15 is 0 Å². The monoisotopic (exact) mass is 352 g/mol. The van der Waals surface area contributed by atoms with Gasteiger partial charge in [0.2, 0.25) is 5.91 Å². The van der Waals surface area contributed by atoms with Gasteiger partial charge in [0.1, 0.15) is 6.04 Å². The summed E-state index contributed by atoms with van der Waals surface area (Å²) in [6.45, 7) is 3.91. The Morgan fingerprint density at radius 1 is 1.21 bits per heavy atom. The highest BCUT2D eigenvalue weighted by Gasteiger charge is 2.24. The van der Waals surface area contributed by atoms with E-state index in [1.165, 1.54) is 24.5 Å². The molecule has 2 rings (SSSR count). The molecule has 1 atom stereocenters. The number of rotatable bonds is 5. The molecule has 0 saturated carbocycles. The third-order valence-corrected chi connectivity index (χ3v) is 4.78. The molecule has 7 heteroatoms. The van der Waals surface area contributed by atoms with Gasteiger partial charge in [-0.25, -0.2) is 8.78 Å². The molecule has 1 heterocycles. The number of aryl methyl sites for hydroxylation is 2. The van der Waals surface area contributed by atoms with Crippen LogP contribution in [-0.2, 0) is 11.2 Å². The summed E-state index contributed by atoms with van der Waals surface area (Å²) in [7, 11) is 1.41. The van der Waals surface area contributed by atoms with Crippen LogP contribution in [-0.4, -0.2) is 18.9 Å². The van der Waals surface area contributed by atoms with Gasteiger partial charge in [0.25, 0.3) is 5.91 Å². The van der Waals surface area contributed by atoms with Gasteiger partial charge in [-0.15, -0.1) is 11.3 Å². The number of carbonyl (C=O) groups excluding carboxylic acids is 2. The zero-order valence-electron chi connectivity index (χ0n) is 13.6. The van der Waals surface area contributed by atoms with Gasteiger partial charge in [0.05, 0.1) is 4.88 Å². The number of halogens is 2. The van der Waals surface area contributed by atoms with Gasteiger partial charge in [0, 0.05) is 11.9 Å². The number of likely N-dealkylation sites (N-methyl/N-ethyl adjacent to an activating group) is 1. The Morgan fingerprint density at radius 2 is 1.92 bits per heavy atom. The van der Waals surface area contributed by atoms with Crippen molar-refractivity contribution in [2.75, 3.05) is 7.05 Å². The maximum absolute atomic E-state index is 13.5. The Bertz CT molecular complexity index is 774. The lowest BCUT2D eigenvalue weighted by Gasteiger charge is -2.17. The maximum atomic E-state index is 13.5. The van der Waals surface area contributed by atoms with Crippen LogP contribution in [0.4, 0.5) is 8.78 Å². The van der Waals surface area contributed by atoms with E-state index in [0.29, 0.717) is 4.88 Å². The van der Waals surface area contributed by atoms with Gasteiger partial charge in [-0.3, -0.25) is 9.59 Å². The molecule has 0 aliphatic heterocycles. The van der Waals surface area contributed by atoms with Crippen LogP contribution in [0.1, 0.15) is 38.6 Å². The highest BCUT2D eigenvalue weighted by atomic mass is 32.1. The Balaban J connectivity index is 2.29. The van der Waals surface area contributed by atoms with Crippen molar-refractivity contribution in [3.05, 3.63) is 56.8 Å². The van der Waals surface area contributed by atoms with Gasteiger partial charge >= 0.3 is 0 Å². The summed E-state index contributed by atoms with van der Waals surface area (Å²) in [5.74, 6) is -3.03. The Morgan fingerprint density at radius 3 is 2.46 bits per heavy atom. The lowest BCUT2D eigenvalue weighted by molar-refractivity contribution is -0.122. The van der Waals surface area contributed by atoms with Crippen molar-refractivity contribution in [2.45, 2.75) is 26.3 Å². The lowest BCUT2D eigenvalue weighted by Crippen LogP contribution is -2.38. The molecular formula is C17H18F2N2O2S. The first kappa shape index (κ1) is 18.1. The molecule has 0 aliphatic carbocycles. The van der Waals surface area contributed by atoms with E-state index in [1.54, 1.807) is 6.07 Å². The molecule has 4 nitrogen and oxygen atoms in total. The molecule has 0 saturated heterocycles. The van der Waals surface area contributed by atoms with Crippen molar-refractivity contribution >= 4 is 23.2 Å². The summed E-state index contributed by atoms with van der Waals surface area (Å²) in [6.07, 6.45) is 0.803. The smallest absolute Gasteiger partial charge is 0.262 e.